The summed E-state index contributed by atoms with van der Waals surface area (Å²) in [5.41, 5.74) is 0.676. The van der Waals surface area contributed by atoms with Crippen molar-refractivity contribution in [1.82, 2.24) is 14.3 Å². The molecule has 0 aliphatic carbocycles. The zero-order valence-electron chi connectivity index (χ0n) is 15.3. The molecule has 1 fully saturated rings. The van der Waals surface area contributed by atoms with Gasteiger partial charge in [-0.2, -0.15) is 0 Å². The zero-order chi connectivity index (χ0) is 20.3. The number of nitrogens with zero attached hydrogens (tertiary/aromatic N) is 3. The molecule has 0 bridgehead atoms. The number of β-lactam (4-membered cyclic amide) rings is 1. The van der Waals surface area contributed by atoms with E-state index < -0.39 is 18.0 Å². The molecule has 1 amide bonds. The highest BCUT2D eigenvalue weighted by molar-refractivity contribution is 7.99. The number of carbonyl (C=O) groups excluding carboxylic acids is 1. The standard InChI is InChI=1S/C20H17N3O4S2/c1-10(24)15-13-7-12(16(20(26)27)23(13)18(15)25)14-8-22-9-21-17(19(22)29-14)28-11-5-3-2-4-6-11/h2-6,8-10,13,15,24H,7H2,1H3,(H,26,27)/t10-,13-,15-/m1/s1. The van der Waals surface area contributed by atoms with Crippen LogP contribution in [-0.2, 0) is 9.59 Å². The molecular weight excluding hydrogens is 410 g/mol. The molecule has 1 aromatic carbocycles. The summed E-state index contributed by atoms with van der Waals surface area (Å²) in [5.74, 6) is -1.98. The molecule has 2 aliphatic heterocycles. The Hall–Kier alpha value is -2.62. The topological polar surface area (TPSA) is 95.1 Å². The number of aliphatic hydroxyl groups excluding tert-OH is 1. The lowest BCUT2D eigenvalue weighted by atomic mass is 9.83. The number of carboxylic acids is 1. The largest absolute Gasteiger partial charge is 0.477 e. The van der Waals surface area contributed by atoms with Crippen molar-refractivity contribution in [3.8, 4) is 0 Å². The van der Waals surface area contributed by atoms with Gasteiger partial charge in [-0.25, -0.2) is 9.78 Å². The first kappa shape index (κ1) is 18.4. The number of carboxylic acid groups (broad SMARTS) is 1. The number of hydrogen-bond donors (Lipinski definition) is 2. The number of aromatic nitrogens is 2. The van der Waals surface area contributed by atoms with Gasteiger partial charge in [0.2, 0.25) is 5.91 Å². The smallest absolute Gasteiger partial charge is 0.352 e. The van der Waals surface area contributed by atoms with E-state index in [1.807, 2.05) is 40.9 Å². The lowest BCUT2D eigenvalue weighted by Crippen LogP contribution is -2.61. The zero-order valence-corrected chi connectivity index (χ0v) is 17.0. The number of benzene rings is 1. The Morgan fingerprint density at radius 3 is 2.79 bits per heavy atom. The van der Waals surface area contributed by atoms with Crippen molar-refractivity contribution in [2.75, 3.05) is 0 Å². The van der Waals surface area contributed by atoms with Crippen LogP contribution in [0.4, 0.5) is 0 Å². The van der Waals surface area contributed by atoms with E-state index in [9.17, 15) is 19.8 Å². The van der Waals surface area contributed by atoms with Gasteiger partial charge in [-0.15, -0.1) is 11.3 Å². The maximum Gasteiger partial charge on any atom is 0.352 e. The molecule has 4 heterocycles. The first-order valence-electron chi connectivity index (χ1n) is 9.13. The number of carbonyl (C=O) groups is 2. The molecule has 2 aromatic heterocycles. The minimum absolute atomic E-state index is 0.0339. The second kappa shape index (κ2) is 6.72. The summed E-state index contributed by atoms with van der Waals surface area (Å²) in [6.07, 6.45) is 3.22. The van der Waals surface area contributed by atoms with Crippen LogP contribution in [0, 0.1) is 5.92 Å². The highest BCUT2D eigenvalue weighted by atomic mass is 32.2. The van der Waals surface area contributed by atoms with Crippen LogP contribution in [0.2, 0.25) is 0 Å². The summed E-state index contributed by atoms with van der Waals surface area (Å²) in [5, 5.41) is 20.5. The van der Waals surface area contributed by atoms with E-state index in [0.717, 1.165) is 19.6 Å². The molecule has 3 aromatic rings. The number of amides is 1. The van der Waals surface area contributed by atoms with Crippen molar-refractivity contribution in [2.45, 2.75) is 35.4 Å². The predicted octanol–water partition coefficient (Wildman–Crippen LogP) is 2.95. The van der Waals surface area contributed by atoms with Gasteiger partial charge in [-0.1, -0.05) is 30.0 Å². The summed E-state index contributed by atoms with van der Waals surface area (Å²) < 4.78 is 1.89. The van der Waals surface area contributed by atoms with Crippen LogP contribution in [0.5, 0.6) is 0 Å². The van der Waals surface area contributed by atoms with Crippen molar-refractivity contribution < 1.29 is 19.8 Å². The maximum atomic E-state index is 12.4. The first-order chi connectivity index (χ1) is 14.0. The minimum atomic E-state index is -1.12. The molecule has 2 aliphatic rings. The van der Waals surface area contributed by atoms with Gasteiger partial charge in [-0.05, 0) is 25.5 Å². The van der Waals surface area contributed by atoms with Crippen molar-refractivity contribution in [2.24, 2.45) is 5.92 Å². The van der Waals surface area contributed by atoms with E-state index in [1.165, 1.54) is 16.2 Å². The Morgan fingerprint density at radius 2 is 2.10 bits per heavy atom. The van der Waals surface area contributed by atoms with Crippen LogP contribution in [0.15, 0.2) is 58.5 Å². The molecule has 0 radical (unpaired) electrons. The number of thiazole rings is 1. The maximum absolute atomic E-state index is 12.4. The average Bonchev–Trinajstić information content (AvgIpc) is 3.34. The second-order valence-corrected chi connectivity index (χ2v) is 9.24. The highest BCUT2D eigenvalue weighted by Crippen LogP contribution is 2.48. The summed E-state index contributed by atoms with van der Waals surface area (Å²) in [6.45, 7) is 1.58. The van der Waals surface area contributed by atoms with E-state index in [2.05, 4.69) is 4.98 Å². The highest BCUT2D eigenvalue weighted by Gasteiger charge is 2.57. The van der Waals surface area contributed by atoms with Crippen molar-refractivity contribution in [3.63, 3.8) is 0 Å². The van der Waals surface area contributed by atoms with Crippen LogP contribution < -0.4 is 0 Å². The van der Waals surface area contributed by atoms with Crippen molar-refractivity contribution in [1.29, 1.82) is 0 Å². The Bertz CT molecular complexity index is 1170. The third-order valence-corrected chi connectivity index (χ3v) is 7.66. The number of aliphatic carboxylic acids is 1. The molecular formula is C20H17N3O4S2. The molecule has 0 saturated carbocycles. The van der Waals surface area contributed by atoms with E-state index in [0.29, 0.717) is 12.0 Å². The molecule has 29 heavy (non-hydrogen) atoms. The number of aliphatic hydroxyl groups is 1. The van der Waals surface area contributed by atoms with Crippen LogP contribution in [0.25, 0.3) is 10.4 Å². The van der Waals surface area contributed by atoms with Gasteiger partial charge < -0.3 is 15.1 Å². The van der Waals surface area contributed by atoms with E-state index in [4.69, 9.17) is 0 Å². The lowest BCUT2D eigenvalue weighted by Gasteiger charge is -2.44. The van der Waals surface area contributed by atoms with Crippen molar-refractivity contribution >= 4 is 45.4 Å². The fraction of sp³-hybridized carbons (Fsp3) is 0.250. The molecule has 3 atom stereocenters. The third kappa shape index (κ3) is 2.80. The minimum Gasteiger partial charge on any atom is -0.477 e. The first-order valence-corrected chi connectivity index (χ1v) is 10.8. The van der Waals surface area contributed by atoms with Crippen molar-refractivity contribution in [3.05, 3.63) is 53.4 Å². The fourth-order valence-corrected chi connectivity index (χ4v) is 6.16. The van der Waals surface area contributed by atoms with Gasteiger partial charge >= 0.3 is 5.97 Å². The molecule has 2 N–H and O–H groups in total. The Labute approximate surface area is 174 Å². The van der Waals surface area contributed by atoms with Gasteiger partial charge in [0.25, 0.3) is 0 Å². The van der Waals surface area contributed by atoms with Gasteiger partial charge in [0.15, 0.2) is 0 Å². The molecule has 1 saturated heterocycles. The molecule has 5 rings (SSSR count). The Balaban J connectivity index is 1.52. The van der Waals surface area contributed by atoms with Crippen LogP contribution in [-0.4, -0.2) is 48.5 Å². The normalized spacial score (nSPS) is 22.1. The number of hydrogen-bond acceptors (Lipinski definition) is 6. The van der Waals surface area contributed by atoms with E-state index in [1.54, 1.807) is 25.0 Å². The third-order valence-electron chi connectivity index (χ3n) is 5.37. The average molecular weight is 428 g/mol. The van der Waals surface area contributed by atoms with Gasteiger partial charge in [0.1, 0.15) is 21.9 Å². The van der Waals surface area contributed by atoms with Gasteiger partial charge in [0.05, 0.1) is 22.9 Å². The van der Waals surface area contributed by atoms with Crippen LogP contribution in [0.1, 0.15) is 18.2 Å². The number of rotatable bonds is 5. The quantitative estimate of drug-likeness (QED) is 0.608. The molecule has 7 nitrogen and oxygen atoms in total. The molecule has 0 unspecified atom stereocenters. The predicted molar refractivity (Wildman–Crippen MR) is 109 cm³/mol. The monoisotopic (exact) mass is 427 g/mol. The van der Waals surface area contributed by atoms with Gasteiger partial charge in [-0.3, -0.25) is 9.20 Å². The van der Waals surface area contributed by atoms with E-state index in [-0.39, 0.29) is 17.6 Å². The summed E-state index contributed by atoms with van der Waals surface area (Å²) in [4.78, 5) is 32.9. The second-order valence-electron chi connectivity index (χ2n) is 7.15. The summed E-state index contributed by atoms with van der Waals surface area (Å²) in [6, 6.07) is 9.64. The lowest BCUT2D eigenvalue weighted by molar-refractivity contribution is -0.161. The number of imidazole rings is 1. The SMILES string of the molecule is C[C@@H](O)[C@H]1C(=O)N2C(C(=O)O)=C(c3cn4cnc(Sc5ccccc5)c4s3)C[C@H]12. The molecule has 9 heteroatoms. The summed E-state index contributed by atoms with van der Waals surface area (Å²) in [7, 11) is 0. The van der Waals surface area contributed by atoms with E-state index >= 15 is 0 Å². The Kier molecular flexibility index (Phi) is 4.27. The number of fused-ring (bicyclic) bond motifs is 2. The van der Waals surface area contributed by atoms with Crippen LogP contribution >= 0.6 is 23.1 Å². The fourth-order valence-electron chi connectivity index (χ4n) is 4.08. The summed E-state index contributed by atoms with van der Waals surface area (Å²) >= 11 is 3.02. The molecule has 148 valence electrons. The molecule has 0 spiro atoms. The van der Waals surface area contributed by atoms with Gasteiger partial charge in [0, 0.05) is 16.7 Å². The Morgan fingerprint density at radius 1 is 1.34 bits per heavy atom. The van der Waals surface area contributed by atoms with Crippen LogP contribution in [0.3, 0.4) is 0 Å².